The molecule has 3 heteroatoms. The molecular weight excluding hydrogens is 262 g/mol. The molecule has 116 valence electrons. The van der Waals surface area contributed by atoms with Crippen molar-refractivity contribution >= 4 is 5.91 Å². The topological polar surface area (TPSA) is 40.5 Å². The van der Waals surface area contributed by atoms with E-state index in [4.69, 9.17) is 0 Å². The standard InChI is InChI=1S/C18H27NO2/c1-18(2,16-8-4-3-5-9-16)11-10-17(21)19-12-6-7-15(13-19)14-20/h3-5,8-9,15,20H,6-7,10-14H2,1-2H3. The Labute approximate surface area is 128 Å². The Hall–Kier alpha value is -1.35. The average molecular weight is 289 g/mol. The number of piperidine rings is 1. The van der Waals surface area contributed by atoms with Gasteiger partial charge in [-0.1, -0.05) is 44.2 Å². The molecule has 2 rings (SSSR count). The molecule has 1 aliphatic rings. The third kappa shape index (κ3) is 4.31. The zero-order valence-corrected chi connectivity index (χ0v) is 13.2. The quantitative estimate of drug-likeness (QED) is 0.905. The van der Waals surface area contributed by atoms with Gasteiger partial charge in [0.2, 0.25) is 5.91 Å². The highest BCUT2D eigenvalue weighted by molar-refractivity contribution is 5.76. The SMILES string of the molecule is CC(C)(CCC(=O)N1CCCC(CO)C1)c1ccccc1. The van der Waals surface area contributed by atoms with Gasteiger partial charge in [0.1, 0.15) is 0 Å². The van der Waals surface area contributed by atoms with E-state index in [9.17, 15) is 9.90 Å². The molecule has 1 aromatic rings. The van der Waals surface area contributed by atoms with Crippen molar-refractivity contribution in [2.45, 2.75) is 44.9 Å². The first-order valence-corrected chi connectivity index (χ1v) is 7.97. The summed E-state index contributed by atoms with van der Waals surface area (Å²) in [4.78, 5) is 14.3. The van der Waals surface area contributed by atoms with Crippen molar-refractivity contribution in [2.75, 3.05) is 19.7 Å². The van der Waals surface area contributed by atoms with Gasteiger partial charge in [-0.25, -0.2) is 0 Å². The fourth-order valence-electron chi connectivity index (χ4n) is 3.05. The zero-order chi connectivity index (χ0) is 15.3. The van der Waals surface area contributed by atoms with Gasteiger partial charge < -0.3 is 10.0 Å². The number of aliphatic hydroxyl groups excluding tert-OH is 1. The van der Waals surface area contributed by atoms with Crippen LogP contribution in [-0.2, 0) is 10.2 Å². The third-order valence-electron chi connectivity index (χ3n) is 4.65. The molecule has 0 aromatic heterocycles. The first kappa shape index (κ1) is 16.0. The van der Waals surface area contributed by atoms with Gasteiger partial charge in [0.05, 0.1) is 0 Å². The van der Waals surface area contributed by atoms with Crippen molar-refractivity contribution in [3.05, 3.63) is 35.9 Å². The summed E-state index contributed by atoms with van der Waals surface area (Å²) in [5, 5.41) is 9.26. The summed E-state index contributed by atoms with van der Waals surface area (Å²) < 4.78 is 0. The zero-order valence-electron chi connectivity index (χ0n) is 13.2. The smallest absolute Gasteiger partial charge is 0.222 e. The van der Waals surface area contributed by atoms with E-state index in [1.165, 1.54) is 5.56 Å². The van der Waals surface area contributed by atoms with Crippen LogP contribution in [0, 0.1) is 5.92 Å². The summed E-state index contributed by atoms with van der Waals surface area (Å²) in [6.45, 7) is 6.16. The maximum atomic E-state index is 12.4. The maximum Gasteiger partial charge on any atom is 0.222 e. The van der Waals surface area contributed by atoms with Crippen LogP contribution >= 0.6 is 0 Å². The summed E-state index contributed by atoms with van der Waals surface area (Å²) in [6.07, 6.45) is 3.49. The highest BCUT2D eigenvalue weighted by atomic mass is 16.3. The summed E-state index contributed by atoms with van der Waals surface area (Å²) in [5.74, 6) is 0.502. The lowest BCUT2D eigenvalue weighted by Crippen LogP contribution is -2.41. The van der Waals surface area contributed by atoms with Crippen molar-refractivity contribution < 1.29 is 9.90 Å². The Morgan fingerprint density at radius 1 is 1.33 bits per heavy atom. The number of carbonyl (C=O) groups excluding carboxylic acids is 1. The van der Waals surface area contributed by atoms with Crippen molar-refractivity contribution in [2.24, 2.45) is 5.92 Å². The minimum absolute atomic E-state index is 0.0170. The van der Waals surface area contributed by atoms with Crippen molar-refractivity contribution in [1.82, 2.24) is 4.90 Å². The molecule has 21 heavy (non-hydrogen) atoms. The van der Waals surface area contributed by atoms with Crippen LogP contribution in [-0.4, -0.2) is 35.6 Å². The van der Waals surface area contributed by atoms with Crippen LogP contribution in [0.3, 0.4) is 0 Å². The molecule has 1 N–H and O–H groups in total. The van der Waals surface area contributed by atoms with E-state index in [0.717, 1.165) is 32.4 Å². The fraction of sp³-hybridized carbons (Fsp3) is 0.611. The second kappa shape index (κ2) is 7.08. The molecule has 0 radical (unpaired) electrons. The number of amides is 1. The molecular formula is C18H27NO2. The van der Waals surface area contributed by atoms with E-state index in [1.54, 1.807) is 0 Å². The molecule has 1 amide bonds. The molecule has 1 aliphatic heterocycles. The average Bonchev–Trinajstić information content (AvgIpc) is 2.53. The number of aliphatic hydroxyl groups is 1. The van der Waals surface area contributed by atoms with E-state index in [-0.39, 0.29) is 23.8 Å². The number of hydrogen-bond acceptors (Lipinski definition) is 2. The molecule has 0 bridgehead atoms. The van der Waals surface area contributed by atoms with Gasteiger partial charge in [0, 0.05) is 26.1 Å². The number of rotatable bonds is 5. The molecule has 0 saturated carbocycles. The molecule has 1 heterocycles. The lowest BCUT2D eigenvalue weighted by Gasteiger charge is -2.33. The predicted octanol–water partition coefficient (Wildman–Crippen LogP) is 2.98. The van der Waals surface area contributed by atoms with Gasteiger partial charge in [-0.15, -0.1) is 0 Å². The molecule has 0 aliphatic carbocycles. The number of nitrogens with zero attached hydrogens (tertiary/aromatic N) is 1. The highest BCUT2D eigenvalue weighted by Crippen LogP contribution is 2.29. The molecule has 0 spiro atoms. The number of carbonyl (C=O) groups is 1. The van der Waals surface area contributed by atoms with Crippen LogP contribution in [0.2, 0.25) is 0 Å². The van der Waals surface area contributed by atoms with Crippen LogP contribution in [0.5, 0.6) is 0 Å². The van der Waals surface area contributed by atoms with Gasteiger partial charge >= 0.3 is 0 Å². The van der Waals surface area contributed by atoms with Crippen LogP contribution < -0.4 is 0 Å². The Balaban J connectivity index is 1.88. The van der Waals surface area contributed by atoms with Gasteiger partial charge in [-0.3, -0.25) is 4.79 Å². The molecule has 1 unspecified atom stereocenters. The van der Waals surface area contributed by atoms with Crippen molar-refractivity contribution in [3.63, 3.8) is 0 Å². The molecule has 1 fully saturated rings. The fourth-order valence-corrected chi connectivity index (χ4v) is 3.05. The summed E-state index contributed by atoms with van der Waals surface area (Å²) >= 11 is 0. The van der Waals surface area contributed by atoms with E-state index in [1.807, 2.05) is 11.0 Å². The normalized spacial score (nSPS) is 19.6. The van der Waals surface area contributed by atoms with Gasteiger partial charge in [0.25, 0.3) is 0 Å². The van der Waals surface area contributed by atoms with E-state index in [0.29, 0.717) is 6.42 Å². The summed E-state index contributed by atoms with van der Waals surface area (Å²) in [6, 6.07) is 10.4. The Morgan fingerprint density at radius 3 is 2.71 bits per heavy atom. The second-order valence-electron chi connectivity index (χ2n) is 6.78. The van der Waals surface area contributed by atoms with Crippen LogP contribution in [0.1, 0.15) is 45.1 Å². The monoisotopic (exact) mass is 289 g/mol. The maximum absolute atomic E-state index is 12.4. The van der Waals surface area contributed by atoms with Crippen LogP contribution in [0.25, 0.3) is 0 Å². The number of benzene rings is 1. The lowest BCUT2D eigenvalue weighted by atomic mass is 9.80. The summed E-state index contributed by atoms with van der Waals surface area (Å²) in [7, 11) is 0. The van der Waals surface area contributed by atoms with Gasteiger partial charge in [0.15, 0.2) is 0 Å². The third-order valence-corrected chi connectivity index (χ3v) is 4.65. The van der Waals surface area contributed by atoms with Crippen molar-refractivity contribution in [3.8, 4) is 0 Å². The Morgan fingerprint density at radius 2 is 2.05 bits per heavy atom. The van der Waals surface area contributed by atoms with Crippen LogP contribution in [0.4, 0.5) is 0 Å². The second-order valence-corrected chi connectivity index (χ2v) is 6.78. The minimum Gasteiger partial charge on any atom is -0.396 e. The summed E-state index contributed by atoms with van der Waals surface area (Å²) in [5.41, 5.74) is 1.30. The lowest BCUT2D eigenvalue weighted by molar-refractivity contribution is -0.133. The molecule has 3 nitrogen and oxygen atoms in total. The van der Waals surface area contributed by atoms with Gasteiger partial charge in [-0.05, 0) is 36.2 Å². The first-order chi connectivity index (χ1) is 10.0. The van der Waals surface area contributed by atoms with E-state index in [2.05, 4.69) is 38.1 Å². The predicted molar refractivity (Wildman–Crippen MR) is 85.1 cm³/mol. The molecule has 1 saturated heterocycles. The highest BCUT2D eigenvalue weighted by Gasteiger charge is 2.26. The van der Waals surface area contributed by atoms with Crippen LogP contribution in [0.15, 0.2) is 30.3 Å². The first-order valence-electron chi connectivity index (χ1n) is 7.97. The van der Waals surface area contributed by atoms with Gasteiger partial charge in [-0.2, -0.15) is 0 Å². The Bertz CT molecular complexity index is 456. The largest absolute Gasteiger partial charge is 0.396 e. The minimum atomic E-state index is 0.0170. The number of hydrogen-bond donors (Lipinski definition) is 1. The molecule has 1 aromatic carbocycles. The Kier molecular flexibility index (Phi) is 5.40. The van der Waals surface area contributed by atoms with Crippen molar-refractivity contribution in [1.29, 1.82) is 0 Å². The number of likely N-dealkylation sites (tertiary alicyclic amines) is 1. The molecule has 1 atom stereocenters. The van der Waals surface area contributed by atoms with E-state index >= 15 is 0 Å². The van der Waals surface area contributed by atoms with E-state index < -0.39 is 0 Å².